The lowest BCUT2D eigenvalue weighted by Crippen LogP contribution is -2.18. The quantitative estimate of drug-likeness (QED) is 0.828. The van der Waals surface area contributed by atoms with Crippen molar-refractivity contribution < 1.29 is 4.39 Å². The summed E-state index contributed by atoms with van der Waals surface area (Å²) in [6.07, 6.45) is 2.58. The fourth-order valence-electron chi connectivity index (χ4n) is 1.74. The predicted molar refractivity (Wildman–Crippen MR) is 72.5 cm³/mol. The van der Waals surface area contributed by atoms with Crippen molar-refractivity contribution in [1.82, 2.24) is 20.1 Å². The lowest BCUT2D eigenvalue weighted by Gasteiger charge is -2.07. The standard InChI is InChI=1S/C13H16ClFN4/c1-2-5-16-7-13-17-9-18-19(13)8-10-3-4-11(14)12(15)6-10/h3-4,6,9,16H,2,5,7-8H2,1H3. The zero-order valence-corrected chi connectivity index (χ0v) is 11.5. The van der Waals surface area contributed by atoms with Crippen molar-refractivity contribution in [3.05, 3.63) is 46.8 Å². The van der Waals surface area contributed by atoms with Crippen LogP contribution in [0.3, 0.4) is 0 Å². The van der Waals surface area contributed by atoms with Crippen LogP contribution in [-0.2, 0) is 13.1 Å². The topological polar surface area (TPSA) is 42.7 Å². The lowest BCUT2D eigenvalue weighted by atomic mass is 10.2. The Morgan fingerprint density at radius 2 is 2.26 bits per heavy atom. The number of hydrogen-bond donors (Lipinski definition) is 1. The third kappa shape index (κ3) is 3.75. The van der Waals surface area contributed by atoms with Crippen LogP contribution >= 0.6 is 11.6 Å². The zero-order chi connectivity index (χ0) is 13.7. The Kier molecular flexibility index (Phi) is 4.87. The summed E-state index contributed by atoms with van der Waals surface area (Å²) < 4.78 is 15.1. The van der Waals surface area contributed by atoms with Crippen molar-refractivity contribution >= 4 is 11.6 Å². The first-order valence-electron chi connectivity index (χ1n) is 6.22. The van der Waals surface area contributed by atoms with Crippen molar-refractivity contribution in [2.75, 3.05) is 6.54 Å². The summed E-state index contributed by atoms with van der Waals surface area (Å²) in [4.78, 5) is 4.19. The molecule has 1 aromatic carbocycles. The van der Waals surface area contributed by atoms with Gasteiger partial charge in [-0.3, -0.25) is 0 Å². The van der Waals surface area contributed by atoms with Crippen molar-refractivity contribution in [3.8, 4) is 0 Å². The van der Waals surface area contributed by atoms with E-state index in [1.807, 2.05) is 0 Å². The molecule has 0 radical (unpaired) electrons. The SMILES string of the molecule is CCCNCc1ncnn1Cc1ccc(Cl)c(F)c1. The zero-order valence-electron chi connectivity index (χ0n) is 10.7. The Bertz CT molecular complexity index is 541. The van der Waals surface area contributed by atoms with Crippen molar-refractivity contribution in [1.29, 1.82) is 0 Å². The van der Waals surface area contributed by atoms with Gasteiger partial charge in [-0.15, -0.1) is 0 Å². The monoisotopic (exact) mass is 282 g/mol. The van der Waals surface area contributed by atoms with Crippen LogP contribution in [0, 0.1) is 5.82 Å². The first-order chi connectivity index (χ1) is 9.20. The average molecular weight is 283 g/mol. The second-order valence-electron chi connectivity index (χ2n) is 4.26. The molecule has 2 aromatic rings. The van der Waals surface area contributed by atoms with Crippen LogP contribution in [0.5, 0.6) is 0 Å². The summed E-state index contributed by atoms with van der Waals surface area (Å²) in [5, 5.41) is 7.55. The van der Waals surface area contributed by atoms with E-state index in [1.165, 1.54) is 12.4 Å². The van der Waals surface area contributed by atoms with E-state index in [4.69, 9.17) is 11.6 Å². The maximum atomic E-state index is 13.4. The van der Waals surface area contributed by atoms with Gasteiger partial charge in [-0.2, -0.15) is 5.10 Å². The molecule has 19 heavy (non-hydrogen) atoms. The molecule has 0 aliphatic rings. The molecule has 0 unspecified atom stereocenters. The minimum Gasteiger partial charge on any atom is -0.310 e. The van der Waals surface area contributed by atoms with Crippen molar-refractivity contribution in [3.63, 3.8) is 0 Å². The molecule has 1 heterocycles. The number of nitrogens with one attached hydrogen (secondary N) is 1. The molecule has 2 rings (SSSR count). The van der Waals surface area contributed by atoms with Crippen molar-refractivity contribution in [2.24, 2.45) is 0 Å². The number of rotatable bonds is 6. The van der Waals surface area contributed by atoms with Gasteiger partial charge in [0, 0.05) is 0 Å². The molecule has 0 bridgehead atoms. The molecule has 0 saturated heterocycles. The molecule has 0 saturated carbocycles. The van der Waals surface area contributed by atoms with Gasteiger partial charge in [-0.05, 0) is 30.7 Å². The van der Waals surface area contributed by atoms with Gasteiger partial charge >= 0.3 is 0 Å². The Morgan fingerprint density at radius 1 is 1.42 bits per heavy atom. The van der Waals surface area contributed by atoms with Crippen LogP contribution in [-0.4, -0.2) is 21.3 Å². The fourth-order valence-corrected chi connectivity index (χ4v) is 1.86. The molecular formula is C13H16ClFN4. The molecule has 0 spiro atoms. The first-order valence-corrected chi connectivity index (χ1v) is 6.60. The van der Waals surface area contributed by atoms with Crippen LogP contribution in [0.4, 0.5) is 4.39 Å². The Balaban J connectivity index is 2.06. The Morgan fingerprint density at radius 3 is 3.00 bits per heavy atom. The van der Waals surface area contributed by atoms with Gasteiger partial charge in [-0.25, -0.2) is 14.1 Å². The first kappa shape index (κ1) is 14.0. The van der Waals surface area contributed by atoms with Crippen LogP contribution < -0.4 is 5.32 Å². The third-order valence-corrected chi connectivity index (χ3v) is 3.03. The largest absolute Gasteiger partial charge is 0.310 e. The summed E-state index contributed by atoms with van der Waals surface area (Å²) >= 11 is 5.66. The van der Waals surface area contributed by atoms with Crippen LogP contribution in [0.15, 0.2) is 24.5 Å². The predicted octanol–water partition coefficient (Wildman–Crippen LogP) is 2.62. The van der Waals surface area contributed by atoms with E-state index in [9.17, 15) is 4.39 Å². The van der Waals surface area contributed by atoms with E-state index in [2.05, 4.69) is 22.3 Å². The second-order valence-corrected chi connectivity index (χ2v) is 4.67. The third-order valence-electron chi connectivity index (χ3n) is 2.72. The molecule has 0 aliphatic carbocycles. The minimum atomic E-state index is -0.412. The highest BCUT2D eigenvalue weighted by molar-refractivity contribution is 6.30. The highest BCUT2D eigenvalue weighted by Gasteiger charge is 2.06. The number of hydrogen-bond acceptors (Lipinski definition) is 3. The Hall–Kier alpha value is -1.46. The molecule has 1 aromatic heterocycles. The van der Waals surface area contributed by atoms with Gasteiger partial charge in [0.05, 0.1) is 18.1 Å². The average Bonchev–Trinajstić information content (AvgIpc) is 2.82. The molecule has 0 amide bonds. The lowest BCUT2D eigenvalue weighted by molar-refractivity contribution is 0.578. The summed E-state index contributed by atoms with van der Waals surface area (Å²) in [7, 11) is 0. The van der Waals surface area contributed by atoms with E-state index in [-0.39, 0.29) is 5.02 Å². The van der Waals surface area contributed by atoms with E-state index in [0.29, 0.717) is 13.1 Å². The number of halogens is 2. The second kappa shape index (κ2) is 6.63. The minimum absolute atomic E-state index is 0.132. The van der Waals surface area contributed by atoms with Crippen molar-refractivity contribution in [2.45, 2.75) is 26.4 Å². The van der Waals surface area contributed by atoms with Gasteiger partial charge in [-0.1, -0.05) is 24.6 Å². The van der Waals surface area contributed by atoms with Gasteiger partial charge in [0.1, 0.15) is 18.0 Å². The Labute approximate surface area is 116 Å². The summed E-state index contributed by atoms with van der Waals surface area (Å²) in [5.74, 6) is 0.425. The van der Waals surface area contributed by atoms with E-state index < -0.39 is 5.82 Å². The molecule has 4 nitrogen and oxygen atoms in total. The number of benzene rings is 1. The molecule has 0 aliphatic heterocycles. The normalized spacial score (nSPS) is 10.9. The van der Waals surface area contributed by atoms with Crippen LogP contribution in [0.25, 0.3) is 0 Å². The van der Waals surface area contributed by atoms with E-state index >= 15 is 0 Å². The molecule has 102 valence electrons. The molecule has 0 fully saturated rings. The maximum Gasteiger partial charge on any atom is 0.142 e. The highest BCUT2D eigenvalue weighted by atomic mass is 35.5. The van der Waals surface area contributed by atoms with Gasteiger partial charge in [0.2, 0.25) is 0 Å². The summed E-state index contributed by atoms with van der Waals surface area (Å²) in [6.45, 7) is 4.18. The number of aromatic nitrogens is 3. The van der Waals surface area contributed by atoms with E-state index in [1.54, 1.807) is 16.8 Å². The summed E-state index contributed by atoms with van der Waals surface area (Å²) in [6, 6.07) is 4.77. The van der Waals surface area contributed by atoms with Crippen LogP contribution in [0.2, 0.25) is 5.02 Å². The number of nitrogens with zero attached hydrogens (tertiary/aromatic N) is 3. The van der Waals surface area contributed by atoms with Crippen LogP contribution in [0.1, 0.15) is 24.7 Å². The highest BCUT2D eigenvalue weighted by Crippen LogP contribution is 2.16. The van der Waals surface area contributed by atoms with Gasteiger partial charge in [0.25, 0.3) is 0 Å². The van der Waals surface area contributed by atoms with Gasteiger partial charge in [0.15, 0.2) is 0 Å². The van der Waals surface area contributed by atoms with E-state index in [0.717, 1.165) is 24.4 Å². The smallest absolute Gasteiger partial charge is 0.142 e. The molecular weight excluding hydrogens is 267 g/mol. The molecule has 6 heteroatoms. The maximum absolute atomic E-state index is 13.4. The summed E-state index contributed by atoms with van der Waals surface area (Å²) in [5.41, 5.74) is 0.809. The molecule has 0 atom stereocenters. The molecule has 1 N–H and O–H groups in total. The fraction of sp³-hybridized carbons (Fsp3) is 0.385. The van der Waals surface area contributed by atoms with Gasteiger partial charge < -0.3 is 5.32 Å².